The van der Waals surface area contributed by atoms with Crippen LogP contribution in [0.25, 0.3) is 10.9 Å². The summed E-state index contributed by atoms with van der Waals surface area (Å²) in [4.78, 5) is 19.8. The Hall–Kier alpha value is -2.46. The van der Waals surface area contributed by atoms with Crippen molar-refractivity contribution in [2.24, 2.45) is 0 Å². The molecule has 104 valence electrons. The van der Waals surface area contributed by atoms with Gasteiger partial charge < -0.3 is 4.74 Å². The Kier molecular flexibility index (Phi) is 3.54. The van der Waals surface area contributed by atoms with Gasteiger partial charge in [-0.05, 0) is 37.3 Å². The van der Waals surface area contributed by atoms with E-state index in [0.717, 1.165) is 5.39 Å². The van der Waals surface area contributed by atoms with E-state index in [9.17, 15) is 4.79 Å². The lowest BCUT2D eigenvalue weighted by Gasteiger charge is -2.08. The highest BCUT2D eigenvalue weighted by atomic mass is 35.5. The lowest BCUT2D eigenvalue weighted by Crippen LogP contribution is -1.95. The van der Waals surface area contributed by atoms with Gasteiger partial charge in [-0.25, -0.2) is 4.98 Å². The second-order valence-corrected chi connectivity index (χ2v) is 4.89. The van der Waals surface area contributed by atoms with Crippen LogP contribution in [0.3, 0.4) is 0 Å². The number of pyridine rings is 2. The van der Waals surface area contributed by atoms with Gasteiger partial charge in [0.2, 0.25) is 5.88 Å². The summed E-state index contributed by atoms with van der Waals surface area (Å²) in [5.41, 5.74) is 1.20. The molecule has 0 aliphatic rings. The van der Waals surface area contributed by atoms with Gasteiger partial charge in [0.15, 0.2) is 11.5 Å². The number of Topliss-reactive ketones (excluding diaryl/α,β-unsaturated/α-hetero) is 1. The molecule has 2 heterocycles. The smallest absolute Gasteiger partial charge is 0.220 e. The number of ketones is 1. The van der Waals surface area contributed by atoms with Crippen LogP contribution in [-0.4, -0.2) is 15.8 Å². The van der Waals surface area contributed by atoms with Crippen LogP contribution < -0.4 is 4.74 Å². The highest BCUT2D eigenvalue weighted by Crippen LogP contribution is 2.32. The van der Waals surface area contributed by atoms with Crippen LogP contribution in [0.5, 0.6) is 11.6 Å². The van der Waals surface area contributed by atoms with Crippen molar-refractivity contribution in [1.82, 2.24) is 9.97 Å². The summed E-state index contributed by atoms with van der Waals surface area (Å²) < 4.78 is 5.75. The van der Waals surface area contributed by atoms with Crippen LogP contribution in [-0.2, 0) is 0 Å². The number of hydrogen-bond acceptors (Lipinski definition) is 4. The van der Waals surface area contributed by atoms with E-state index in [1.54, 1.807) is 30.5 Å². The summed E-state index contributed by atoms with van der Waals surface area (Å²) in [5.74, 6) is 0.849. The van der Waals surface area contributed by atoms with E-state index in [0.29, 0.717) is 27.7 Å². The van der Waals surface area contributed by atoms with Crippen LogP contribution in [0.4, 0.5) is 0 Å². The van der Waals surface area contributed by atoms with Gasteiger partial charge in [-0.1, -0.05) is 11.6 Å². The zero-order chi connectivity index (χ0) is 14.8. The fraction of sp³-hybridized carbons (Fsp3) is 0.0625. The Labute approximate surface area is 126 Å². The summed E-state index contributed by atoms with van der Waals surface area (Å²) in [6.45, 7) is 1.50. The first kappa shape index (κ1) is 13.5. The quantitative estimate of drug-likeness (QED) is 0.677. The van der Waals surface area contributed by atoms with Crippen LogP contribution in [0.2, 0.25) is 5.02 Å². The summed E-state index contributed by atoms with van der Waals surface area (Å²) in [6, 6.07) is 10.4. The molecule has 3 aromatic rings. The van der Waals surface area contributed by atoms with Crippen LogP contribution in [0.1, 0.15) is 17.3 Å². The Morgan fingerprint density at radius 3 is 2.81 bits per heavy atom. The van der Waals surface area contributed by atoms with Gasteiger partial charge in [0, 0.05) is 29.4 Å². The molecule has 0 saturated heterocycles. The lowest BCUT2D eigenvalue weighted by atomic mass is 10.2. The van der Waals surface area contributed by atoms with E-state index in [1.165, 1.54) is 13.1 Å². The SMILES string of the molecule is CC(=O)c1ccnc(Oc2ccc(Cl)c3cccnc23)c1. The van der Waals surface area contributed by atoms with Crippen molar-refractivity contribution >= 4 is 28.3 Å². The Morgan fingerprint density at radius 1 is 1.14 bits per heavy atom. The van der Waals surface area contributed by atoms with Crippen LogP contribution >= 0.6 is 11.6 Å². The molecule has 5 heteroatoms. The number of aromatic nitrogens is 2. The molecule has 0 atom stereocenters. The number of hydrogen-bond donors (Lipinski definition) is 0. The summed E-state index contributed by atoms with van der Waals surface area (Å²) in [5, 5.41) is 1.41. The number of rotatable bonds is 3. The average Bonchev–Trinajstić information content (AvgIpc) is 2.51. The van der Waals surface area contributed by atoms with Crippen molar-refractivity contribution in [3.63, 3.8) is 0 Å². The molecule has 1 aromatic carbocycles. The van der Waals surface area contributed by atoms with Crippen LogP contribution in [0, 0.1) is 0 Å². The van der Waals surface area contributed by atoms with Gasteiger partial charge in [-0.3, -0.25) is 9.78 Å². The minimum absolute atomic E-state index is 0.0404. The predicted molar refractivity (Wildman–Crippen MR) is 81.1 cm³/mol. The highest BCUT2D eigenvalue weighted by Gasteiger charge is 2.09. The number of halogens is 1. The Balaban J connectivity index is 2.04. The minimum Gasteiger partial charge on any atom is -0.437 e. The fourth-order valence-electron chi connectivity index (χ4n) is 1.99. The molecule has 0 amide bonds. The molecular weight excluding hydrogens is 288 g/mol. The van der Waals surface area contributed by atoms with Gasteiger partial charge >= 0.3 is 0 Å². The molecule has 0 spiro atoms. The number of carbonyl (C=O) groups excluding carboxylic acids is 1. The molecule has 0 bridgehead atoms. The zero-order valence-electron chi connectivity index (χ0n) is 11.2. The van der Waals surface area contributed by atoms with E-state index in [2.05, 4.69) is 9.97 Å². The lowest BCUT2D eigenvalue weighted by molar-refractivity contribution is 0.101. The number of benzene rings is 1. The van der Waals surface area contributed by atoms with Gasteiger partial charge in [-0.2, -0.15) is 0 Å². The fourth-order valence-corrected chi connectivity index (χ4v) is 2.21. The predicted octanol–water partition coefficient (Wildman–Crippen LogP) is 4.28. The minimum atomic E-state index is -0.0404. The third kappa shape index (κ3) is 2.71. The van der Waals surface area contributed by atoms with Crippen molar-refractivity contribution < 1.29 is 9.53 Å². The van der Waals surface area contributed by atoms with Gasteiger partial charge in [0.25, 0.3) is 0 Å². The third-order valence-electron chi connectivity index (χ3n) is 3.04. The van der Waals surface area contributed by atoms with Crippen molar-refractivity contribution in [3.05, 3.63) is 59.4 Å². The van der Waals surface area contributed by atoms with E-state index in [-0.39, 0.29) is 5.78 Å². The number of carbonyl (C=O) groups is 1. The maximum Gasteiger partial charge on any atom is 0.220 e. The molecule has 4 nitrogen and oxygen atoms in total. The number of nitrogens with zero attached hydrogens (tertiary/aromatic N) is 2. The Bertz CT molecular complexity index is 833. The van der Waals surface area contributed by atoms with E-state index >= 15 is 0 Å². The van der Waals surface area contributed by atoms with Crippen molar-refractivity contribution in [2.45, 2.75) is 6.92 Å². The monoisotopic (exact) mass is 298 g/mol. The normalized spacial score (nSPS) is 10.6. The van der Waals surface area contributed by atoms with E-state index in [1.807, 2.05) is 12.1 Å². The molecule has 21 heavy (non-hydrogen) atoms. The third-order valence-corrected chi connectivity index (χ3v) is 3.36. The first-order valence-corrected chi connectivity index (χ1v) is 6.71. The summed E-state index contributed by atoms with van der Waals surface area (Å²) >= 11 is 6.14. The van der Waals surface area contributed by atoms with E-state index < -0.39 is 0 Å². The molecule has 0 N–H and O–H groups in total. The Morgan fingerprint density at radius 2 is 2.00 bits per heavy atom. The van der Waals surface area contributed by atoms with Crippen molar-refractivity contribution in [3.8, 4) is 11.6 Å². The molecule has 0 fully saturated rings. The number of ether oxygens (including phenoxy) is 1. The highest BCUT2D eigenvalue weighted by molar-refractivity contribution is 6.35. The first-order valence-electron chi connectivity index (χ1n) is 6.33. The molecule has 0 aliphatic heterocycles. The van der Waals surface area contributed by atoms with Crippen LogP contribution in [0.15, 0.2) is 48.8 Å². The standard InChI is InChI=1S/C16H11ClN2O2/c1-10(20)11-6-8-18-15(9-11)21-14-5-4-13(17)12-3-2-7-19-16(12)14/h2-9H,1H3. The maximum absolute atomic E-state index is 11.4. The molecule has 3 rings (SSSR count). The first-order chi connectivity index (χ1) is 10.1. The summed E-state index contributed by atoms with van der Waals surface area (Å²) in [6.07, 6.45) is 3.21. The molecule has 0 aliphatic carbocycles. The molecule has 0 unspecified atom stereocenters. The largest absolute Gasteiger partial charge is 0.437 e. The van der Waals surface area contributed by atoms with E-state index in [4.69, 9.17) is 16.3 Å². The van der Waals surface area contributed by atoms with Crippen molar-refractivity contribution in [2.75, 3.05) is 0 Å². The van der Waals surface area contributed by atoms with Crippen molar-refractivity contribution in [1.29, 1.82) is 0 Å². The van der Waals surface area contributed by atoms with Gasteiger partial charge in [-0.15, -0.1) is 0 Å². The van der Waals surface area contributed by atoms with Gasteiger partial charge in [0.05, 0.1) is 5.02 Å². The molecular formula is C16H11ClN2O2. The topological polar surface area (TPSA) is 52.1 Å². The number of fused-ring (bicyclic) bond motifs is 1. The summed E-state index contributed by atoms with van der Waals surface area (Å²) in [7, 11) is 0. The zero-order valence-corrected chi connectivity index (χ0v) is 12.0. The molecule has 2 aromatic heterocycles. The second kappa shape index (κ2) is 5.50. The average molecular weight is 299 g/mol. The maximum atomic E-state index is 11.4. The second-order valence-electron chi connectivity index (χ2n) is 4.49. The van der Waals surface area contributed by atoms with Gasteiger partial charge in [0.1, 0.15) is 5.52 Å². The molecule has 0 radical (unpaired) electrons. The molecule has 0 saturated carbocycles.